The van der Waals surface area contributed by atoms with E-state index >= 15 is 0 Å². The molecular weight excluding hydrogens is 432 g/mol. The maximum absolute atomic E-state index is 13.9. The molecule has 180 valence electrons. The molecule has 0 aliphatic carbocycles. The Morgan fingerprint density at radius 3 is 2.26 bits per heavy atom. The third-order valence-corrected chi connectivity index (χ3v) is 6.53. The third-order valence-electron chi connectivity index (χ3n) is 6.53. The second-order valence-corrected chi connectivity index (χ2v) is 10.2. The monoisotopic (exact) mass is 464 g/mol. The molecule has 2 aliphatic heterocycles. The second-order valence-electron chi connectivity index (χ2n) is 10.2. The average molecular weight is 465 g/mol. The first-order valence-corrected chi connectivity index (χ1v) is 11.8. The Labute approximate surface area is 200 Å². The molecule has 0 bridgehead atoms. The molecule has 0 radical (unpaired) electrons. The first-order valence-electron chi connectivity index (χ1n) is 11.8. The zero-order valence-electron chi connectivity index (χ0n) is 19.9. The molecule has 1 saturated heterocycles. The third kappa shape index (κ3) is 5.24. The van der Waals surface area contributed by atoms with Crippen molar-refractivity contribution in [1.82, 2.24) is 9.80 Å². The van der Waals surface area contributed by atoms with Crippen LogP contribution in [0.2, 0.25) is 0 Å². The van der Waals surface area contributed by atoms with Crippen molar-refractivity contribution >= 4 is 18.0 Å². The lowest BCUT2D eigenvalue weighted by Gasteiger charge is -2.39. The van der Waals surface area contributed by atoms with Crippen LogP contribution in [0.1, 0.15) is 56.2 Å². The molecule has 0 unspecified atom stereocenters. The number of hydrogen-bond acceptors (Lipinski definition) is 4. The number of carboxylic acids is 1. The number of carboxylic acid groups (broad SMARTS) is 1. The Morgan fingerprint density at radius 2 is 1.62 bits per heavy atom. The molecule has 2 aromatic rings. The maximum Gasteiger partial charge on any atom is 0.410 e. The maximum atomic E-state index is 13.9. The van der Waals surface area contributed by atoms with Crippen LogP contribution in [0.5, 0.6) is 0 Å². The number of amides is 2. The number of carbonyl (C=O) groups is 3. The van der Waals surface area contributed by atoms with E-state index in [0.29, 0.717) is 25.9 Å². The summed E-state index contributed by atoms with van der Waals surface area (Å²) in [6, 6.07) is 16.5. The van der Waals surface area contributed by atoms with Gasteiger partial charge in [0.15, 0.2) is 0 Å². The molecule has 0 saturated carbocycles. The summed E-state index contributed by atoms with van der Waals surface area (Å²) in [6.07, 6.45) is 0.299. The largest absolute Gasteiger partial charge is 0.481 e. The van der Waals surface area contributed by atoms with Crippen molar-refractivity contribution in [3.63, 3.8) is 0 Å². The number of ether oxygens (including phenoxy) is 1. The fourth-order valence-corrected chi connectivity index (χ4v) is 4.98. The summed E-state index contributed by atoms with van der Waals surface area (Å²) >= 11 is 0. The molecule has 34 heavy (non-hydrogen) atoms. The van der Waals surface area contributed by atoms with Crippen LogP contribution in [0.4, 0.5) is 4.79 Å². The van der Waals surface area contributed by atoms with Crippen LogP contribution in [0.25, 0.3) is 0 Å². The Morgan fingerprint density at radius 1 is 0.971 bits per heavy atom. The zero-order valence-corrected chi connectivity index (χ0v) is 19.9. The Balaban J connectivity index is 1.64. The summed E-state index contributed by atoms with van der Waals surface area (Å²) in [6.45, 7) is 6.12. The smallest absolute Gasteiger partial charge is 0.410 e. The standard InChI is InChI=1S/C27H32N2O5/c1-27(2,3)34-26(33)29-17-21(18-9-5-4-6-10-18)14-23(29)25(32)28-16-20-12-8-7-11-19(20)13-22(28)15-24(30)31/h4-12,21-23H,13-17H2,1-3H3,(H,30,31)/t21-,22-,23-/m1/s1. The first-order chi connectivity index (χ1) is 16.1. The van der Waals surface area contributed by atoms with E-state index in [1.54, 1.807) is 25.7 Å². The topological polar surface area (TPSA) is 87.2 Å². The van der Waals surface area contributed by atoms with Crippen molar-refractivity contribution in [2.24, 2.45) is 0 Å². The summed E-state index contributed by atoms with van der Waals surface area (Å²) in [7, 11) is 0. The summed E-state index contributed by atoms with van der Waals surface area (Å²) in [5, 5.41) is 9.51. The Hall–Kier alpha value is -3.35. The first kappa shape index (κ1) is 23.8. The van der Waals surface area contributed by atoms with Gasteiger partial charge >= 0.3 is 12.1 Å². The van der Waals surface area contributed by atoms with E-state index in [9.17, 15) is 19.5 Å². The minimum absolute atomic E-state index is 0.00216. The molecule has 2 aliphatic rings. The van der Waals surface area contributed by atoms with Crippen molar-refractivity contribution in [3.05, 3.63) is 71.3 Å². The number of rotatable bonds is 4. The van der Waals surface area contributed by atoms with E-state index in [4.69, 9.17) is 4.74 Å². The molecule has 7 nitrogen and oxygen atoms in total. The average Bonchev–Trinajstić information content (AvgIpc) is 3.23. The minimum atomic E-state index is -0.945. The van der Waals surface area contributed by atoms with Gasteiger partial charge in [-0.1, -0.05) is 54.6 Å². The molecule has 1 N–H and O–H groups in total. The predicted molar refractivity (Wildman–Crippen MR) is 127 cm³/mol. The minimum Gasteiger partial charge on any atom is -0.481 e. The van der Waals surface area contributed by atoms with Crippen LogP contribution >= 0.6 is 0 Å². The summed E-state index contributed by atoms with van der Waals surface area (Å²) in [4.78, 5) is 41.9. The zero-order chi connectivity index (χ0) is 24.5. The van der Waals surface area contributed by atoms with Gasteiger partial charge in [0.25, 0.3) is 0 Å². The van der Waals surface area contributed by atoms with Gasteiger partial charge in [-0.05, 0) is 50.3 Å². The van der Waals surface area contributed by atoms with Gasteiger partial charge < -0.3 is 14.7 Å². The van der Waals surface area contributed by atoms with Crippen molar-refractivity contribution in [3.8, 4) is 0 Å². The van der Waals surface area contributed by atoms with Gasteiger partial charge in [0, 0.05) is 25.0 Å². The quantitative estimate of drug-likeness (QED) is 0.733. The summed E-state index contributed by atoms with van der Waals surface area (Å²) in [5.41, 5.74) is 2.46. The predicted octanol–water partition coefficient (Wildman–Crippen LogP) is 4.21. The van der Waals surface area contributed by atoms with Crippen LogP contribution in [0, 0.1) is 0 Å². The fraction of sp³-hybridized carbons (Fsp3) is 0.444. The summed E-state index contributed by atoms with van der Waals surface area (Å²) < 4.78 is 5.64. The normalized spacial score (nSPS) is 22.3. The molecule has 7 heteroatoms. The molecule has 1 fully saturated rings. The highest BCUT2D eigenvalue weighted by molar-refractivity contribution is 5.87. The van der Waals surface area contributed by atoms with E-state index in [-0.39, 0.29) is 18.2 Å². The molecule has 2 aromatic carbocycles. The SMILES string of the molecule is CC(C)(C)OC(=O)N1C[C@H](c2ccccc2)C[C@@H]1C(=O)N1Cc2ccccc2C[C@@H]1CC(=O)O. The number of fused-ring (bicyclic) bond motifs is 1. The van der Waals surface area contributed by atoms with Gasteiger partial charge in [-0.3, -0.25) is 14.5 Å². The molecule has 2 amide bonds. The molecular formula is C27H32N2O5. The van der Waals surface area contributed by atoms with Gasteiger partial charge in [-0.25, -0.2) is 4.79 Å². The van der Waals surface area contributed by atoms with E-state index in [2.05, 4.69) is 0 Å². The summed E-state index contributed by atoms with van der Waals surface area (Å²) in [5.74, 6) is -1.16. The number of benzene rings is 2. The van der Waals surface area contributed by atoms with Gasteiger partial charge in [0.1, 0.15) is 11.6 Å². The van der Waals surface area contributed by atoms with Crippen LogP contribution in [-0.4, -0.2) is 57.1 Å². The number of nitrogens with zero attached hydrogens (tertiary/aromatic N) is 2. The Bertz CT molecular complexity index is 1060. The highest BCUT2D eigenvalue weighted by atomic mass is 16.6. The lowest BCUT2D eigenvalue weighted by Crippen LogP contribution is -2.53. The van der Waals surface area contributed by atoms with Gasteiger partial charge in [-0.2, -0.15) is 0 Å². The van der Waals surface area contributed by atoms with Gasteiger partial charge in [-0.15, -0.1) is 0 Å². The van der Waals surface area contributed by atoms with E-state index < -0.39 is 29.7 Å². The van der Waals surface area contributed by atoms with E-state index in [1.807, 2.05) is 54.6 Å². The van der Waals surface area contributed by atoms with E-state index in [1.165, 1.54) is 4.90 Å². The van der Waals surface area contributed by atoms with Crippen LogP contribution in [0.15, 0.2) is 54.6 Å². The Kier molecular flexibility index (Phi) is 6.64. The molecule has 2 heterocycles. The van der Waals surface area contributed by atoms with Gasteiger partial charge in [0.05, 0.1) is 6.42 Å². The van der Waals surface area contributed by atoms with Crippen LogP contribution < -0.4 is 0 Å². The van der Waals surface area contributed by atoms with Crippen molar-refractivity contribution < 1.29 is 24.2 Å². The second kappa shape index (κ2) is 9.49. The fourth-order valence-electron chi connectivity index (χ4n) is 4.98. The van der Waals surface area contributed by atoms with Crippen molar-refractivity contribution in [2.75, 3.05) is 6.54 Å². The number of likely N-dealkylation sites (tertiary alicyclic amines) is 1. The number of aliphatic carboxylic acids is 1. The molecule has 4 rings (SSSR count). The van der Waals surface area contributed by atoms with E-state index in [0.717, 1.165) is 16.7 Å². The lowest BCUT2D eigenvalue weighted by atomic mass is 9.91. The molecule has 3 atom stereocenters. The number of hydrogen-bond donors (Lipinski definition) is 1. The highest BCUT2D eigenvalue weighted by Crippen LogP contribution is 2.35. The number of carbonyl (C=O) groups excluding carboxylic acids is 2. The molecule has 0 spiro atoms. The van der Waals surface area contributed by atoms with Crippen molar-refractivity contribution in [1.29, 1.82) is 0 Å². The van der Waals surface area contributed by atoms with Crippen LogP contribution in [-0.2, 0) is 27.3 Å². The highest BCUT2D eigenvalue weighted by Gasteiger charge is 2.45. The van der Waals surface area contributed by atoms with Gasteiger partial charge in [0.2, 0.25) is 5.91 Å². The van der Waals surface area contributed by atoms with Crippen molar-refractivity contribution in [2.45, 2.75) is 70.2 Å². The lowest BCUT2D eigenvalue weighted by molar-refractivity contribution is -0.144. The van der Waals surface area contributed by atoms with Crippen LogP contribution in [0.3, 0.4) is 0 Å². The molecule has 0 aromatic heterocycles.